The quantitative estimate of drug-likeness (QED) is 0.423. The third kappa shape index (κ3) is 5.30. The molecule has 0 saturated heterocycles. The van der Waals surface area contributed by atoms with Crippen LogP contribution in [0.5, 0.6) is 11.5 Å². The van der Waals surface area contributed by atoms with Crippen molar-refractivity contribution >= 4 is 11.8 Å². The third-order valence-corrected chi connectivity index (χ3v) is 4.40. The second-order valence-corrected chi connectivity index (χ2v) is 6.07. The first-order valence-electron chi connectivity index (χ1n) is 7.41. The molecule has 0 bridgehead atoms. The number of methoxy groups -OCH3 is 2. The summed E-state index contributed by atoms with van der Waals surface area (Å²) in [5.41, 5.74) is 0.924. The summed E-state index contributed by atoms with van der Waals surface area (Å²) < 4.78 is 16.7. The third-order valence-electron chi connectivity index (χ3n) is 3.24. The van der Waals surface area contributed by atoms with Gasteiger partial charge in [0.05, 0.1) is 33.5 Å². The number of pyridine rings is 1. The molecule has 0 aliphatic carbocycles. The molecule has 1 N–H and O–H groups in total. The highest BCUT2D eigenvalue weighted by atomic mass is 32.2. The molecule has 2 rings (SSSR count). The van der Waals surface area contributed by atoms with Crippen molar-refractivity contribution in [3.05, 3.63) is 53.4 Å². The van der Waals surface area contributed by atoms with Crippen molar-refractivity contribution in [3.63, 3.8) is 0 Å². The lowest BCUT2D eigenvalue weighted by molar-refractivity contribution is -0.645. The summed E-state index contributed by atoms with van der Waals surface area (Å²) in [6, 6.07) is 10.7. The first kappa shape index (κ1) is 18.4. The van der Waals surface area contributed by atoms with Crippen molar-refractivity contribution in [2.24, 2.45) is 0 Å². The van der Waals surface area contributed by atoms with Gasteiger partial charge in [0.15, 0.2) is 17.7 Å². The highest BCUT2D eigenvalue weighted by Crippen LogP contribution is 2.27. The molecule has 0 fully saturated rings. The van der Waals surface area contributed by atoms with Crippen LogP contribution in [0.2, 0.25) is 0 Å². The van der Waals surface area contributed by atoms with E-state index in [4.69, 9.17) is 14.2 Å². The number of aliphatic hydroxyl groups is 1. The predicted molar refractivity (Wildman–Crippen MR) is 91.3 cm³/mol. The molecule has 24 heavy (non-hydrogen) atoms. The van der Waals surface area contributed by atoms with E-state index in [1.54, 1.807) is 32.4 Å². The predicted octanol–water partition coefficient (Wildman–Crippen LogP) is 2.01. The largest absolute Gasteiger partial charge is 0.618 e. The maximum atomic E-state index is 11.5. The lowest BCUT2D eigenvalue weighted by Crippen LogP contribution is -2.28. The Morgan fingerprint density at radius 1 is 1.17 bits per heavy atom. The standard InChI is InChI=1S/C17H21NO5S/c1-21-15-7-6-13(9-16(15)22-2)10-23-11-14(19)12-24-17-5-3-4-8-18(17)20/h3-9,14,19H,10-12H2,1-2H3/t14-/m1/s1. The van der Waals surface area contributed by atoms with Gasteiger partial charge < -0.3 is 24.5 Å². The number of hydrogen-bond donors (Lipinski definition) is 1. The van der Waals surface area contributed by atoms with Crippen molar-refractivity contribution in [1.29, 1.82) is 0 Å². The summed E-state index contributed by atoms with van der Waals surface area (Å²) in [5.74, 6) is 1.68. The molecule has 130 valence electrons. The number of rotatable bonds is 9. The zero-order chi connectivity index (χ0) is 17.4. The van der Waals surface area contributed by atoms with Crippen LogP contribution < -0.4 is 14.2 Å². The first-order valence-corrected chi connectivity index (χ1v) is 8.40. The van der Waals surface area contributed by atoms with E-state index in [2.05, 4.69) is 0 Å². The lowest BCUT2D eigenvalue weighted by atomic mass is 10.2. The zero-order valence-electron chi connectivity index (χ0n) is 13.7. The summed E-state index contributed by atoms with van der Waals surface area (Å²) in [7, 11) is 3.16. The summed E-state index contributed by atoms with van der Waals surface area (Å²) in [6.07, 6.45) is 0.776. The number of benzene rings is 1. The second kappa shape index (κ2) is 9.36. The molecule has 7 heteroatoms. The fraction of sp³-hybridized carbons (Fsp3) is 0.353. The molecule has 1 atom stereocenters. The van der Waals surface area contributed by atoms with Gasteiger partial charge in [-0.1, -0.05) is 17.8 Å². The van der Waals surface area contributed by atoms with Gasteiger partial charge in [0.25, 0.3) is 5.03 Å². The van der Waals surface area contributed by atoms with Gasteiger partial charge in [0.2, 0.25) is 0 Å². The van der Waals surface area contributed by atoms with Gasteiger partial charge in [-0.25, -0.2) is 0 Å². The highest BCUT2D eigenvalue weighted by Gasteiger charge is 2.11. The summed E-state index contributed by atoms with van der Waals surface area (Å²) >= 11 is 1.30. The molecule has 1 heterocycles. The van der Waals surface area contributed by atoms with E-state index < -0.39 is 6.10 Å². The Kier molecular flexibility index (Phi) is 7.17. The van der Waals surface area contributed by atoms with Crippen LogP contribution in [0, 0.1) is 5.21 Å². The van der Waals surface area contributed by atoms with E-state index in [-0.39, 0.29) is 6.61 Å². The van der Waals surface area contributed by atoms with Gasteiger partial charge >= 0.3 is 0 Å². The minimum absolute atomic E-state index is 0.188. The SMILES string of the molecule is COc1ccc(COC[C@@H](O)CSc2cccc[n+]2[O-])cc1OC. The number of aliphatic hydroxyl groups excluding tert-OH is 1. The van der Waals surface area contributed by atoms with Crippen molar-refractivity contribution in [2.75, 3.05) is 26.6 Å². The normalized spacial score (nSPS) is 12.0. The lowest BCUT2D eigenvalue weighted by Gasteiger charge is -2.12. The summed E-state index contributed by atoms with van der Waals surface area (Å²) in [4.78, 5) is 0. The van der Waals surface area contributed by atoms with Gasteiger partial charge in [-0.15, -0.1) is 0 Å². The topological polar surface area (TPSA) is 74.9 Å². The number of nitrogens with zero attached hydrogens (tertiary/aromatic N) is 1. The molecule has 1 aromatic heterocycles. The number of ether oxygens (including phenoxy) is 3. The molecule has 0 unspecified atom stereocenters. The van der Waals surface area contributed by atoms with Gasteiger partial charge in [-0.05, 0) is 23.8 Å². The van der Waals surface area contributed by atoms with Crippen molar-refractivity contribution in [2.45, 2.75) is 17.7 Å². The highest BCUT2D eigenvalue weighted by molar-refractivity contribution is 7.99. The summed E-state index contributed by atoms with van der Waals surface area (Å²) in [6.45, 7) is 0.544. The van der Waals surface area contributed by atoms with Crippen LogP contribution in [-0.2, 0) is 11.3 Å². The molecule has 6 nitrogen and oxygen atoms in total. The Labute approximate surface area is 145 Å². The summed E-state index contributed by atoms with van der Waals surface area (Å²) in [5, 5.41) is 22.0. The second-order valence-electron chi connectivity index (χ2n) is 5.03. The molecule has 0 aliphatic heterocycles. The average Bonchev–Trinajstić information content (AvgIpc) is 2.61. The molecule has 1 aromatic carbocycles. The Hall–Kier alpha value is -1.96. The van der Waals surface area contributed by atoms with Crippen LogP contribution in [0.3, 0.4) is 0 Å². The molecule has 0 radical (unpaired) electrons. The minimum Gasteiger partial charge on any atom is -0.618 e. The maximum Gasteiger partial charge on any atom is 0.251 e. The molecule has 0 spiro atoms. The number of thioether (sulfide) groups is 1. The van der Waals surface area contributed by atoms with E-state index in [1.807, 2.05) is 18.2 Å². The zero-order valence-corrected chi connectivity index (χ0v) is 14.5. The van der Waals surface area contributed by atoms with Crippen molar-refractivity contribution in [1.82, 2.24) is 0 Å². The van der Waals surface area contributed by atoms with Crippen LogP contribution in [-0.4, -0.2) is 37.8 Å². The van der Waals surface area contributed by atoms with E-state index in [9.17, 15) is 10.3 Å². The average molecular weight is 351 g/mol. The molecular weight excluding hydrogens is 330 g/mol. The van der Waals surface area contributed by atoms with Crippen LogP contribution in [0.25, 0.3) is 0 Å². The smallest absolute Gasteiger partial charge is 0.251 e. The molecule has 0 aliphatic rings. The monoisotopic (exact) mass is 351 g/mol. The van der Waals surface area contributed by atoms with E-state index in [0.717, 1.165) is 10.3 Å². The fourth-order valence-corrected chi connectivity index (χ4v) is 2.86. The number of aromatic nitrogens is 1. The minimum atomic E-state index is -0.657. The van der Waals surface area contributed by atoms with Crippen LogP contribution >= 0.6 is 11.8 Å². The first-order chi connectivity index (χ1) is 11.6. The molecule has 2 aromatic rings. The van der Waals surface area contributed by atoms with Crippen LogP contribution in [0.4, 0.5) is 0 Å². The Morgan fingerprint density at radius 3 is 2.67 bits per heavy atom. The molecular formula is C17H21NO5S. The molecule has 0 saturated carbocycles. The van der Waals surface area contributed by atoms with Crippen molar-refractivity contribution in [3.8, 4) is 11.5 Å². The van der Waals surface area contributed by atoms with Gasteiger partial charge in [-0.2, -0.15) is 4.73 Å². The Morgan fingerprint density at radius 2 is 1.96 bits per heavy atom. The van der Waals surface area contributed by atoms with E-state index in [1.165, 1.54) is 18.0 Å². The van der Waals surface area contributed by atoms with Crippen LogP contribution in [0.15, 0.2) is 47.6 Å². The molecule has 0 amide bonds. The van der Waals surface area contributed by atoms with Gasteiger partial charge in [0.1, 0.15) is 0 Å². The number of hydrogen-bond acceptors (Lipinski definition) is 6. The Bertz CT molecular complexity index is 653. The van der Waals surface area contributed by atoms with E-state index in [0.29, 0.717) is 28.9 Å². The van der Waals surface area contributed by atoms with Gasteiger partial charge in [-0.3, -0.25) is 0 Å². The fourth-order valence-electron chi connectivity index (χ4n) is 2.04. The maximum absolute atomic E-state index is 11.5. The Balaban J connectivity index is 1.76. The van der Waals surface area contributed by atoms with Crippen molar-refractivity contribution < 1.29 is 24.0 Å². The van der Waals surface area contributed by atoms with Gasteiger partial charge in [0, 0.05) is 17.9 Å². The van der Waals surface area contributed by atoms with E-state index >= 15 is 0 Å². The van der Waals surface area contributed by atoms with Crippen LogP contribution in [0.1, 0.15) is 5.56 Å².